The fourth-order valence-corrected chi connectivity index (χ4v) is 4.56. The quantitative estimate of drug-likeness (QED) is 0.930. The molecule has 0 spiro atoms. The first-order valence-corrected chi connectivity index (χ1v) is 9.51. The summed E-state index contributed by atoms with van der Waals surface area (Å²) in [5, 5.41) is 1.76. The van der Waals surface area contributed by atoms with Crippen LogP contribution < -0.4 is 9.62 Å². The minimum Gasteiger partial charge on any atom is -0.367 e. The molecule has 5 nitrogen and oxygen atoms in total. The van der Waals surface area contributed by atoms with Crippen molar-refractivity contribution in [1.29, 1.82) is 0 Å². The molecule has 1 fully saturated rings. The number of hydrogen-bond donors (Lipinski definition) is 1. The molecule has 118 valence electrons. The molecule has 2 heterocycles. The second-order valence-electron chi connectivity index (χ2n) is 5.35. The van der Waals surface area contributed by atoms with Crippen LogP contribution in [0.25, 0.3) is 0 Å². The van der Waals surface area contributed by atoms with Gasteiger partial charge >= 0.3 is 0 Å². The van der Waals surface area contributed by atoms with Crippen LogP contribution in [0.2, 0.25) is 0 Å². The third kappa shape index (κ3) is 3.26. The molecule has 1 aliphatic rings. The number of piperazine rings is 1. The van der Waals surface area contributed by atoms with E-state index in [0.29, 0.717) is 9.90 Å². The number of likely N-dealkylation sites (N-methyl/N-ethyl adjacent to an activating group) is 1. The van der Waals surface area contributed by atoms with E-state index >= 15 is 0 Å². The predicted octanol–water partition coefficient (Wildman–Crippen LogP) is 2.30. The SMILES string of the molecule is CN1CCN(c2ccccc2NS(=O)(=O)c2cccs2)CC1. The van der Waals surface area contributed by atoms with Gasteiger partial charge in [0.15, 0.2) is 0 Å². The summed E-state index contributed by atoms with van der Waals surface area (Å²) in [4.78, 5) is 4.50. The molecule has 7 heteroatoms. The van der Waals surface area contributed by atoms with Gasteiger partial charge in [0.25, 0.3) is 10.0 Å². The van der Waals surface area contributed by atoms with Crippen molar-refractivity contribution in [3.8, 4) is 0 Å². The van der Waals surface area contributed by atoms with Gasteiger partial charge < -0.3 is 9.80 Å². The van der Waals surface area contributed by atoms with E-state index in [1.807, 2.05) is 24.3 Å². The molecule has 1 N–H and O–H groups in total. The monoisotopic (exact) mass is 337 g/mol. The Kier molecular flexibility index (Phi) is 4.37. The third-order valence-corrected chi connectivity index (χ3v) is 6.52. The Morgan fingerprint density at radius 3 is 2.45 bits per heavy atom. The highest BCUT2D eigenvalue weighted by Crippen LogP contribution is 2.29. The first-order valence-electron chi connectivity index (χ1n) is 7.15. The molecule has 0 amide bonds. The van der Waals surface area contributed by atoms with E-state index in [1.54, 1.807) is 17.5 Å². The summed E-state index contributed by atoms with van der Waals surface area (Å²) in [6, 6.07) is 10.9. The molecule has 0 bridgehead atoms. The molecule has 22 heavy (non-hydrogen) atoms. The van der Waals surface area contributed by atoms with Crippen LogP contribution in [0, 0.1) is 0 Å². The zero-order chi connectivity index (χ0) is 15.6. The van der Waals surface area contributed by atoms with Crippen molar-refractivity contribution in [2.24, 2.45) is 0 Å². The summed E-state index contributed by atoms with van der Waals surface area (Å²) in [7, 11) is -1.41. The number of nitrogens with one attached hydrogen (secondary N) is 1. The second kappa shape index (κ2) is 6.28. The van der Waals surface area contributed by atoms with E-state index in [4.69, 9.17) is 0 Å². The number of sulfonamides is 1. The van der Waals surface area contributed by atoms with Crippen LogP contribution >= 0.6 is 11.3 Å². The Balaban J connectivity index is 1.86. The Morgan fingerprint density at radius 1 is 1.05 bits per heavy atom. The standard InChI is InChI=1S/C15H19N3O2S2/c1-17-8-10-18(11-9-17)14-6-3-2-5-13(14)16-22(19,20)15-7-4-12-21-15/h2-7,12,16H,8-11H2,1H3. The molecule has 0 unspecified atom stereocenters. The zero-order valence-corrected chi connectivity index (χ0v) is 14.0. The number of benzene rings is 1. The van der Waals surface area contributed by atoms with Crippen molar-refractivity contribution < 1.29 is 8.42 Å². The number of para-hydroxylation sites is 2. The van der Waals surface area contributed by atoms with Gasteiger partial charge in [0, 0.05) is 26.2 Å². The molecule has 1 aromatic heterocycles. The topological polar surface area (TPSA) is 52.6 Å². The number of hydrogen-bond acceptors (Lipinski definition) is 5. The highest BCUT2D eigenvalue weighted by atomic mass is 32.2. The lowest BCUT2D eigenvalue weighted by Crippen LogP contribution is -2.44. The minimum atomic E-state index is -3.51. The second-order valence-corrected chi connectivity index (χ2v) is 8.20. The van der Waals surface area contributed by atoms with E-state index in [0.717, 1.165) is 31.9 Å². The van der Waals surface area contributed by atoms with Gasteiger partial charge in [0.05, 0.1) is 11.4 Å². The summed E-state index contributed by atoms with van der Waals surface area (Å²) in [6.45, 7) is 3.75. The Labute approximate surface area is 135 Å². The van der Waals surface area contributed by atoms with Crippen molar-refractivity contribution in [2.75, 3.05) is 42.8 Å². The van der Waals surface area contributed by atoms with Crippen LogP contribution in [0.15, 0.2) is 46.0 Å². The zero-order valence-electron chi connectivity index (χ0n) is 12.4. The Bertz CT molecular complexity index is 721. The van der Waals surface area contributed by atoms with Crippen LogP contribution in [0.5, 0.6) is 0 Å². The number of nitrogens with zero attached hydrogens (tertiary/aromatic N) is 2. The van der Waals surface area contributed by atoms with Gasteiger partial charge in [-0.2, -0.15) is 0 Å². The van der Waals surface area contributed by atoms with Crippen LogP contribution in [-0.4, -0.2) is 46.5 Å². The third-order valence-electron chi connectivity index (χ3n) is 3.75. The van der Waals surface area contributed by atoms with Crippen molar-refractivity contribution in [2.45, 2.75) is 4.21 Å². The fraction of sp³-hybridized carbons (Fsp3) is 0.333. The maximum Gasteiger partial charge on any atom is 0.271 e. The molecule has 0 saturated carbocycles. The first-order chi connectivity index (χ1) is 10.6. The van der Waals surface area contributed by atoms with Crippen LogP contribution in [0.4, 0.5) is 11.4 Å². The largest absolute Gasteiger partial charge is 0.367 e. The number of anilines is 2. The van der Waals surface area contributed by atoms with Crippen LogP contribution in [0.1, 0.15) is 0 Å². The first kappa shape index (κ1) is 15.3. The van der Waals surface area contributed by atoms with Gasteiger partial charge in [-0.05, 0) is 30.6 Å². The molecule has 0 aliphatic carbocycles. The fourth-order valence-electron chi connectivity index (χ4n) is 2.49. The van der Waals surface area contributed by atoms with Crippen LogP contribution in [-0.2, 0) is 10.0 Å². The lowest BCUT2D eigenvalue weighted by molar-refractivity contribution is 0.313. The van der Waals surface area contributed by atoms with Gasteiger partial charge in [-0.1, -0.05) is 18.2 Å². The minimum absolute atomic E-state index is 0.334. The average Bonchev–Trinajstić information content (AvgIpc) is 3.04. The molecule has 1 aliphatic heterocycles. The predicted molar refractivity (Wildman–Crippen MR) is 91.3 cm³/mol. The average molecular weight is 337 g/mol. The van der Waals surface area contributed by atoms with E-state index < -0.39 is 10.0 Å². The van der Waals surface area contributed by atoms with E-state index in [2.05, 4.69) is 21.6 Å². The maximum absolute atomic E-state index is 12.4. The molecule has 2 aromatic rings. The van der Waals surface area contributed by atoms with Gasteiger partial charge in [-0.3, -0.25) is 4.72 Å². The van der Waals surface area contributed by atoms with Gasteiger partial charge in [0.2, 0.25) is 0 Å². The lowest BCUT2D eigenvalue weighted by atomic mass is 10.2. The molecule has 3 rings (SSSR count). The van der Waals surface area contributed by atoms with Crippen LogP contribution in [0.3, 0.4) is 0 Å². The van der Waals surface area contributed by atoms with E-state index in [1.165, 1.54) is 11.3 Å². The van der Waals surface area contributed by atoms with Crippen molar-refractivity contribution in [3.05, 3.63) is 41.8 Å². The molecular weight excluding hydrogens is 318 g/mol. The van der Waals surface area contributed by atoms with Gasteiger partial charge in [0.1, 0.15) is 4.21 Å². The highest BCUT2D eigenvalue weighted by Gasteiger charge is 2.20. The summed E-state index contributed by atoms with van der Waals surface area (Å²) in [5.41, 5.74) is 1.58. The van der Waals surface area contributed by atoms with Gasteiger partial charge in [-0.15, -0.1) is 11.3 Å². The molecule has 0 radical (unpaired) electrons. The van der Waals surface area contributed by atoms with Crippen molar-refractivity contribution in [1.82, 2.24) is 4.90 Å². The Hall–Kier alpha value is -1.57. The summed E-state index contributed by atoms with van der Waals surface area (Å²) in [6.07, 6.45) is 0. The smallest absolute Gasteiger partial charge is 0.271 e. The number of rotatable bonds is 4. The van der Waals surface area contributed by atoms with Crippen molar-refractivity contribution >= 4 is 32.7 Å². The summed E-state index contributed by atoms with van der Waals surface area (Å²) >= 11 is 1.22. The highest BCUT2D eigenvalue weighted by molar-refractivity contribution is 7.94. The maximum atomic E-state index is 12.4. The molecular formula is C15H19N3O2S2. The molecule has 1 saturated heterocycles. The Morgan fingerprint density at radius 2 is 1.77 bits per heavy atom. The van der Waals surface area contributed by atoms with Gasteiger partial charge in [-0.25, -0.2) is 8.42 Å². The molecule has 0 atom stereocenters. The summed E-state index contributed by atoms with van der Waals surface area (Å²) < 4.78 is 27.9. The summed E-state index contributed by atoms with van der Waals surface area (Å²) in [5.74, 6) is 0. The van der Waals surface area contributed by atoms with Crippen molar-refractivity contribution in [3.63, 3.8) is 0 Å². The normalized spacial score (nSPS) is 16.7. The van der Waals surface area contributed by atoms with E-state index in [9.17, 15) is 8.42 Å². The van der Waals surface area contributed by atoms with E-state index in [-0.39, 0.29) is 0 Å². The lowest BCUT2D eigenvalue weighted by Gasteiger charge is -2.35. The number of thiophene rings is 1. The molecule has 1 aromatic carbocycles.